The number of anilines is 1. The lowest BCUT2D eigenvalue weighted by atomic mass is 10.2. The van der Waals surface area contributed by atoms with Crippen LogP contribution in [0.25, 0.3) is 11.0 Å². The van der Waals surface area contributed by atoms with Crippen molar-refractivity contribution in [3.05, 3.63) is 34.0 Å². The summed E-state index contributed by atoms with van der Waals surface area (Å²) in [6.45, 7) is 3.94. The lowest BCUT2D eigenvalue weighted by Crippen LogP contribution is -2.36. The van der Waals surface area contributed by atoms with Gasteiger partial charge in [0.1, 0.15) is 5.82 Å². The van der Waals surface area contributed by atoms with E-state index in [-0.39, 0.29) is 17.8 Å². The highest BCUT2D eigenvalue weighted by atomic mass is 19.1. The first kappa shape index (κ1) is 15.4. The van der Waals surface area contributed by atoms with E-state index < -0.39 is 17.3 Å². The number of ether oxygens (including phenoxy) is 2. The van der Waals surface area contributed by atoms with Crippen LogP contribution in [0.2, 0.25) is 0 Å². The summed E-state index contributed by atoms with van der Waals surface area (Å²) in [6.07, 6.45) is 0. The van der Waals surface area contributed by atoms with Gasteiger partial charge in [0.2, 0.25) is 5.69 Å². The van der Waals surface area contributed by atoms with Gasteiger partial charge in [0.25, 0.3) is 5.56 Å². The molecule has 1 aliphatic rings. The average molecular weight is 321 g/mol. The second-order valence-electron chi connectivity index (χ2n) is 5.06. The Kier molecular flexibility index (Phi) is 4.24. The maximum Gasteiger partial charge on any atom is 0.362 e. The average Bonchev–Trinajstić information content (AvgIpc) is 2.55. The largest absolute Gasteiger partial charge is 0.461 e. The van der Waals surface area contributed by atoms with E-state index >= 15 is 0 Å². The van der Waals surface area contributed by atoms with Gasteiger partial charge in [-0.15, -0.1) is 0 Å². The number of H-pyrrole nitrogens is 1. The summed E-state index contributed by atoms with van der Waals surface area (Å²) < 4.78 is 24.4. The fourth-order valence-electron chi connectivity index (χ4n) is 2.48. The summed E-state index contributed by atoms with van der Waals surface area (Å²) in [7, 11) is 0. The number of carbonyl (C=O) groups excluding carboxylic acids is 1. The highest BCUT2D eigenvalue weighted by molar-refractivity contribution is 5.90. The molecule has 1 aromatic carbocycles. The van der Waals surface area contributed by atoms with E-state index in [0.29, 0.717) is 37.5 Å². The third-order valence-electron chi connectivity index (χ3n) is 3.58. The van der Waals surface area contributed by atoms with E-state index in [1.165, 1.54) is 12.1 Å². The van der Waals surface area contributed by atoms with Crippen LogP contribution in [-0.4, -0.2) is 48.8 Å². The molecular weight excluding hydrogens is 305 g/mol. The molecular formula is C15H16FN3O4. The van der Waals surface area contributed by atoms with Gasteiger partial charge >= 0.3 is 5.97 Å². The van der Waals surface area contributed by atoms with Gasteiger partial charge in [-0.05, 0) is 13.0 Å². The SMILES string of the molecule is CCOC(=O)c1nc2cc(F)c(N3CCOCC3)cc2[nH]c1=O. The van der Waals surface area contributed by atoms with Crippen LogP contribution in [0.15, 0.2) is 16.9 Å². The lowest BCUT2D eigenvalue weighted by molar-refractivity contribution is 0.0517. The van der Waals surface area contributed by atoms with Crippen LogP contribution in [0.5, 0.6) is 0 Å². The van der Waals surface area contributed by atoms with Crippen LogP contribution in [0, 0.1) is 5.82 Å². The maximum absolute atomic E-state index is 14.4. The summed E-state index contributed by atoms with van der Waals surface area (Å²) in [5.74, 6) is -1.29. The summed E-state index contributed by atoms with van der Waals surface area (Å²) >= 11 is 0. The molecule has 1 N–H and O–H groups in total. The molecule has 0 radical (unpaired) electrons. The number of hydrogen-bond donors (Lipinski definition) is 1. The van der Waals surface area contributed by atoms with E-state index in [1.807, 2.05) is 4.90 Å². The molecule has 0 amide bonds. The van der Waals surface area contributed by atoms with Crippen LogP contribution in [-0.2, 0) is 9.47 Å². The van der Waals surface area contributed by atoms with Crippen molar-refractivity contribution in [2.45, 2.75) is 6.92 Å². The van der Waals surface area contributed by atoms with Gasteiger partial charge in [0, 0.05) is 19.2 Å². The molecule has 2 heterocycles. The fourth-order valence-corrected chi connectivity index (χ4v) is 2.48. The van der Waals surface area contributed by atoms with Crippen molar-refractivity contribution in [2.75, 3.05) is 37.8 Å². The highest BCUT2D eigenvalue weighted by Gasteiger charge is 2.19. The molecule has 0 spiro atoms. The van der Waals surface area contributed by atoms with Crippen molar-refractivity contribution in [1.82, 2.24) is 9.97 Å². The number of rotatable bonds is 3. The molecule has 122 valence electrons. The van der Waals surface area contributed by atoms with Crippen molar-refractivity contribution < 1.29 is 18.7 Å². The van der Waals surface area contributed by atoms with E-state index in [2.05, 4.69) is 9.97 Å². The molecule has 2 aromatic rings. The van der Waals surface area contributed by atoms with Gasteiger partial charge in [-0.1, -0.05) is 0 Å². The molecule has 0 aliphatic carbocycles. The van der Waals surface area contributed by atoms with Crippen molar-refractivity contribution in [3.8, 4) is 0 Å². The quantitative estimate of drug-likeness (QED) is 0.852. The molecule has 0 unspecified atom stereocenters. The molecule has 1 saturated heterocycles. The zero-order valence-electron chi connectivity index (χ0n) is 12.6. The predicted molar refractivity (Wildman–Crippen MR) is 81.3 cm³/mol. The molecule has 1 fully saturated rings. The van der Waals surface area contributed by atoms with Crippen LogP contribution in [0.4, 0.5) is 10.1 Å². The Bertz CT molecular complexity index is 799. The normalized spacial score (nSPS) is 15.0. The number of morpholine rings is 1. The van der Waals surface area contributed by atoms with E-state index in [1.54, 1.807) is 6.92 Å². The molecule has 0 atom stereocenters. The molecule has 7 nitrogen and oxygen atoms in total. The van der Waals surface area contributed by atoms with E-state index in [9.17, 15) is 14.0 Å². The summed E-state index contributed by atoms with van der Waals surface area (Å²) in [6, 6.07) is 2.73. The lowest BCUT2D eigenvalue weighted by Gasteiger charge is -2.29. The number of nitrogens with one attached hydrogen (secondary N) is 1. The molecule has 8 heteroatoms. The maximum atomic E-state index is 14.4. The smallest absolute Gasteiger partial charge is 0.362 e. The zero-order valence-corrected chi connectivity index (χ0v) is 12.6. The Hall–Kier alpha value is -2.48. The molecule has 0 bridgehead atoms. The molecule has 1 aliphatic heterocycles. The van der Waals surface area contributed by atoms with Gasteiger partial charge in [-0.25, -0.2) is 14.2 Å². The van der Waals surface area contributed by atoms with E-state index in [0.717, 1.165) is 0 Å². The Labute approximate surface area is 131 Å². The van der Waals surface area contributed by atoms with Gasteiger partial charge < -0.3 is 19.4 Å². The standard InChI is InChI=1S/C15H16FN3O4/c1-2-23-15(21)13-14(20)18-11-8-12(9(16)7-10(11)17-13)19-3-5-22-6-4-19/h7-8H,2-6H2,1H3,(H,18,20). The minimum absolute atomic E-state index is 0.127. The summed E-state index contributed by atoms with van der Waals surface area (Å²) in [5.41, 5.74) is -0.0939. The fraction of sp³-hybridized carbons (Fsp3) is 0.400. The number of nitrogens with zero attached hydrogens (tertiary/aromatic N) is 2. The van der Waals surface area contributed by atoms with Gasteiger partial charge in [-0.3, -0.25) is 4.79 Å². The molecule has 0 saturated carbocycles. The third kappa shape index (κ3) is 3.02. The Morgan fingerprint density at radius 3 is 2.87 bits per heavy atom. The number of aromatic amines is 1. The molecule has 1 aromatic heterocycles. The topological polar surface area (TPSA) is 84.5 Å². The molecule has 23 heavy (non-hydrogen) atoms. The van der Waals surface area contributed by atoms with Gasteiger partial charge in [0.15, 0.2) is 0 Å². The van der Waals surface area contributed by atoms with Crippen molar-refractivity contribution in [3.63, 3.8) is 0 Å². The first-order valence-corrected chi connectivity index (χ1v) is 7.33. The number of hydrogen-bond acceptors (Lipinski definition) is 6. The minimum atomic E-state index is -0.826. The third-order valence-corrected chi connectivity index (χ3v) is 3.58. The summed E-state index contributed by atoms with van der Waals surface area (Å²) in [4.78, 5) is 32.0. The Morgan fingerprint density at radius 1 is 1.43 bits per heavy atom. The number of benzene rings is 1. The van der Waals surface area contributed by atoms with Crippen LogP contribution in [0.1, 0.15) is 17.4 Å². The Balaban J connectivity index is 2.05. The van der Waals surface area contributed by atoms with Crippen molar-refractivity contribution >= 4 is 22.7 Å². The van der Waals surface area contributed by atoms with Crippen molar-refractivity contribution in [1.29, 1.82) is 0 Å². The second-order valence-corrected chi connectivity index (χ2v) is 5.06. The van der Waals surface area contributed by atoms with Crippen molar-refractivity contribution in [2.24, 2.45) is 0 Å². The highest BCUT2D eigenvalue weighted by Crippen LogP contribution is 2.24. The van der Waals surface area contributed by atoms with Gasteiger partial charge in [-0.2, -0.15) is 0 Å². The predicted octanol–water partition coefficient (Wildman–Crippen LogP) is 1.08. The number of fused-ring (bicyclic) bond motifs is 1. The van der Waals surface area contributed by atoms with E-state index in [4.69, 9.17) is 9.47 Å². The second kappa shape index (κ2) is 6.33. The number of halogens is 1. The first-order valence-electron chi connectivity index (χ1n) is 7.33. The number of aromatic nitrogens is 2. The Morgan fingerprint density at radius 2 is 2.17 bits per heavy atom. The zero-order chi connectivity index (χ0) is 16.4. The first-order chi connectivity index (χ1) is 11.1. The number of carbonyl (C=O) groups is 1. The van der Waals surface area contributed by atoms with Crippen LogP contribution in [0.3, 0.4) is 0 Å². The monoisotopic (exact) mass is 321 g/mol. The molecule has 3 rings (SSSR count). The summed E-state index contributed by atoms with van der Waals surface area (Å²) in [5, 5.41) is 0. The minimum Gasteiger partial charge on any atom is -0.461 e. The number of esters is 1. The van der Waals surface area contributed by atoms with Crippen LogP contribution >= 0.6 is 0 Å². The van der Waals surface area contributed by atoms with Crippen LogP contribution < -0.4 is 10.5 Å². The van der Waals surface area contributed by atoms with Gasteiger partial charge in [0.05, 0.1) is 36.5 Å².